The topological polar surface area (TPSA) is 74.3 Å². The first kappa shape index (κ1) is 19.1. The molecule has 0 aliphatic carbocycles. The van der Waals surface area contributed by atoms with Crippen LogP contribution in [0.15, 0.2) is 30.3 Å². The molecule has 1 aliphatic rings. The standard InChI is InChI=1S/C19H20ClFN4O2/c1-2-18(26)22-7-8-25-11-16-14(19(25)27)5-6-17(24-16)23-10-12-3-4-13(21)9-15(12)20/h3-6,9H,2,7-8,10-11H2,1H3,(H,22,26)(H,23,24). The molecule has 0 saturated heterocycles. The molecule has 8 heteroatoms. The molecule has 0 spiro atoms. The molecule has 2 N–H and O–H groups in total. The first-order valence-corrected chi connectivity index (χ1v) is 9.09. The minimum absolute atomic E-state index is 0.0387. The Hall–Kier alpha value is -2.67. The van der Waals surface area contributed by atoms with Gasteiger partial charge in [0.05, 0.1) is 17.8 Å². The normalized spacial score (nSPS) is 12.9. The molecule has 1 aromatic heterocycles. The molecule has 2 aromatic rings. The molecule has 1 aliphatic heterocycles. The Bertz CT molecular complexity index is 875. The van der Waals surface area contributed by atoms with E-state index in [2.05, 4.69) is 15.6 Å². The predicted molar refractivity (Wildman–Crippen MR) is 101 cm³/mol. The quantitative estimate of drug-likeness (QED) is 0.762. The van der Waals surface area contributed by atoms with Gasteiger partial charge in [0, 0.05) is 31.1 Å². The van der Waals surface area contributed by atoms with Gasteiger partial charge >= 0.3 is 0 Å². The van der Waals surface area contributed by atoms with Crippen LogP contribution in [-0.4, -0.2) is 34.8 Å². The van der Waals surface area contributed by atoms with E-state index in [-0.39, 0.29) is 17.6 Å². The van der Waals surface area contributed by atoms with Crippen molar-refractivity contribution in [1.29, 1.82) is 0 Å². The molecule has 6 nitrogen and oxygen atoms in total. The van der Waals surface area contributed by atoms with Crippen LogP contribution in [0.5, 0.6) is 0 Å². The number of halogens is 2. The van der Waals surface area contributed by atoms with Gasteiger partial charge in [0.15, 0.2) is 0 Å². The third-order valence-corrected chi connectivity index (χ3v) is 4.68. The maximum Gasteiger partial charge on any atom is 0.256 e. The van der Waals surface area contributed by atoms with Crippen molar-refractivity contribution in [3.8, 4) is 0 Å². The van der Waals surface area contributed by atoms with Crippen molar-refractivity contribution < 1.29 is 14.0 Å². The molecule has 0 atom stereocenters. The average molecular weight is 391 g/mol. The number of anilines is 1. The second kappa shape index (κ2) is 8.35. The van der Waals surface area contributed by atoms with Crippen LogP contribution in [-0.2, 0) is 17.9 Å². The molecule has 0 radical (unpaired) electrons. The number of rotatable bonds is 7. The summed E-state index contributed by atoms with van der Waals surface area (Å²) in [5.74, 6) is 0.107. The van der Waals surface area contributed by atoms with E-state index in [9.17, 15) is 14.0 Å². The van der Waals surface area contributed by atoms with Gasteiger partial charge in [-0.05, 0) is 29.8 Å². The van der Waals surface area contributed by atoms with E-state index in [4.69, 9.17) is 11.6 Å². The SMILES string of the molecule is CCC(=O)NCCN1Cc2nc(NCc3ccc(F)cc3Cl)ccc2C1=O. The van der Waals surface area contributed by atoms with Crippen LogP contribution < -0.4 is 10.6 Å². The summed E-state index contributed by atoms with van der Waals surface area (Å²) in [4.78, 5) is 29.9. The molecule has 0 bridgehead atoms. The minimum atomic E-state index is -0.381. The smallest absolute Gasteiger partial charge is 0.256 e. The van der Waals surface area contributed by atoms with Crippen molar-refractivity contribution in [3.63, 3.8) is 0 Å². The number of fused-ring (bicyclic) bond motifs is 1. The fourth-order valence-electron chi connectivity index (χ4n) is 2.82. The first-order valence-electron chi connectivity index (χ1n) is 8.71. The molecule has 0 saturated carbocycles. The van der Waals surface area contributed by atoms with Gasteiger partial charge in [-0.25, -0.2) is 9.37 Å². The molecule has 1 aromatic carbocycles. The average Bonchev–Trinajstić information content (AvgIpc) is 2.96. The number of carbonyl (C=O) groups excluding carboxylic acids is 2. The summed E-state index contributed by atoms with van der Waals surface area (Å²) in [6, 6.07) is 7.71. The van der Waals surface area contributed by atoms with Gasteiger partial charge in [-0.2, -0.15) is 0 Å². The van der Waals surface area contributed by atoms with E-state index < -0.39 is 0 Å². The zero-order chi connectivity index (χ0) is 19.4. The van der Waals surface area contributed by atoms with Crippen LogP contribution >= 0.6 is 11.6 Å². The summed E-state index contributed by atoms with van der Waals surface area (Å²) in [6.45, 7) is 3.44. The lowest BCUT2D eigenvalue weighted by Gasteiger charge is -2.15. The third kappa shape index (κ3) is 4.54. The fourth-order valence-corrected chi connectivity index (χ4v) is 3.06. The van der Waals surface area contributed by atoms with Crippen molar-refractivity contribution >= 4 is 29.2 Å². The minimum Gasteiger partial charge on any atom is -0.366 e. The van der Waals surface area contributed by atoms with Crippen LogP contribution in [0.2, 0.25) is 5.02 Å². The van der Waals surface area contributed by atoms with Crippen molar-refractivity contribution in [2.45, 2.75) is 26.4 Å². The Morgan fingerprint density at radius 2 is 2.15 bits per heavy atom. The highest BCUT2D eigenvalue weighted by Crippen LogP contribution is 2.23. The zero-order valence-corrected chi connectivity index (χ0v) is 15.6. The number of pyridine rings is 1. The highest BCUT2D eigenvalue weighted by molar-refractivity contribution is 6.31. The summed E-state index contributed by atoms with van der Waals surface area (Å²) in [5, 5.41) is 6.25. The number of hydrogen-bond acceptors (Lipinski definition) is 4. The van der Waals surface area contributed by atoms with E-state index in [1.807, 2.05) is 0 Å². The molecular weight excluding hydrogens is 371 g/mol. The van der Waals surface area contributed by atoms with Gasteiger partial charge in [-0.3, -0.25) is 9.59 Å². The Morgan fingerprint density at radius 3 is 2.89 bits per heavy atom. The van der Waals surface area contributed by atoms with E-state index in [1.54, 1.807) is 30.0 Å². The molecule has 0 fully saturated rings. The summed E-state index contributed by atoms with van der Waals surface area (Å²) in [7, 11) is 0. The van der Waals surface area contributed by atoms with Crippen LogP contribution in [0.1, 0.15) is 35.0 Å². The fraction of sp³-hybridized carbons (Fsp3) is 0.316. The number of nitrogens with one attached hydrogen (secondary N) is 2. The monoisotopic (exact) mass is 390 g/mol. The molecule has 142 valence electrons. The number of benzene rings is 1. The molecule has 27 heavy (non-hydrogen) atoms. The van der Waals surface area contributed by atoms with Gasteiger partial charge in [-0.1, -0.05) is 24.6 Å². The van der Waals surface area contributed by atoms with E-state index >= 15 is 0 Å². The highest BCUT2D eigenvalue weighted by Gasteiger charge is 2.28. The van der Waals surface area contributed by atoms with Crippen LogP contribution in [0.4, 0.5) is 10.2 Å². The molecule has 3 rings (SSSR count). The van der Waals surface area contributed by atoms with Crippen LogP contribution in [0.25, 0.3) is 0 Å². The summed E-state index contributed by atoms with van der Waals surface area (Å²) >= 11 is 6.03. The summed E-state index contributed by atoms with van der Waals surface area (Å²) in [6.07, 6.45) is 0.419. The second-order valence-corrected chi connectivity index (χ2v) is 6.62. The Morgan fingerprint density at radius 1 is 1.33 bits per heavy atom. The summed E-state index contributed by atoms with van der Waals surface area (Å²) < 4.78 is 13.1. The van der Waals surface area contributed by atoms with Gasteiger partial charge in [0.25, 0.3) is 5.91 Å². The Balaban J connectivity index is 1.60. The molecule has 0 unspecified atom stereocenters. The number of amides is 2. The number of nitrogens with zero attached hydrogens (tertiary/aromatic N) is 2. The molecule has 2 amide bonds. The van der Waals surface area contributed by atoms with E-state index in [1.165, 1.54) is 12.1 Å². The molecular formula is C19H20ClFN4O2. The first-order chi connectivity index (χ1) is 13.0. The molecule has 2 heterocycles. The van der Waals surface area contributed by atoms with Gasteiger partial charge in [-0.15, -0.1) is 0 Å². The highest BCUT2D eigenvalue weighted by atomic mass is 35.5. The number of carbonyl (C=O) groups is 2. The largest absolute Gasteiger partial charge is 0.366 e. The lowest BCUT2D eigenvalue weighted by atomic mass is 10.2. The van der Waals surface area contributed by atoms with Crippen molar-refractivity contribution in [2.75, 3.05) is 18.4 Å². The maximum absolute atomic E-state index is 13.1. The maximum atomic E-state index is 13.1. The summed E-state index contributed by atoms with van der Waals surface area (Å²) in [5.41, 5.74) is 2.02. The van der Waals surface area contributed by atoms with E-state index in [0.29, 0.717) is 54.7 Å². The van der Waals surface area contributed by atoms with Crippen molar-refractivity contribution in [1.82, 2.24) is 15.2 Å². The number of hydrogen-bond donors (Lipinski definition) is 2. The van der Waals surface area contributed by atoms with Gasteiger partial charge < -0.3 is 15.5 Å². The Labute approximate surface area is 161 Å². The lowest BCUT2D eigenvalue weighted by molar-refractivity contribution is -0.120. The van der Waals surface area contributed by atoms with Gasteiger partial charge in [0.1, 0.15) is 11.6 Å². The Kier molecular flexibility index (Phi) is 5.91. The van der Waals surface area contributed by atoms with Crippen molar-refractivity contribution in [2.24, 2.45) is 0 Å². The third-order valence-electron chi connectivity index (χ3n) is 4.33. The van der Waals surface area contributed by atoms with Crippen LogP contribution in [0.3, 0.4) is 0 Å². The van der Waals surface area contributed by atoms with Gasteiger partial charge in [0.2, 0.25) is 5.91 Å². The van der Waals surface area contributed by atoms with Crippen LogP contribution in [0, 0.1) is 5.82 Å². The number of aromatic nitrogens is 1. The van der Waals surface area contributed by atoms with Crippen molar-refractivity contribution in [3.05, 3.63) is 58.0 Å². The zero-order valence-electron chi connectivity index (χ0n) is 14.9. The predicted octanol–water partition coefficient (Wildman–Crippen LogP) is 2.97. The van der Waals surface area contributed by atoms with E-state index in [0.717, 1.165) is 5.56 Å². The second-order valence-electron chi connectivity index (χ2n) is 6.21. The lowest BCUT2D eigenvalue weighted by Crippen LogP contribution is -2.34.